The van der Waals surface area contributed by atoms with Gasteiger partial charge in [-0.3, -0.25) is 9.59 Å². The summed E-state index contributed by atoms with van der Waals surface area (Å²) >= 11 is 0. The normalized spacial score (nSPS) is 10.6. The number of imide groups is 1. The molecule has 25 heavy (non-hydrogen) atoms. The predicted molar refractivity (Wildman–Crippen MR) is 95.5 cm³/mol. The lowest BCUT2D eigenvalue weighted by Gasteiger charge is -2.18. The lowest BCUT2D eigenvalue weighted by molar-refractivity contribution is -0.124. The third-order valence-corrected chi connectivity index (χ3v) is 3.79. The second-order valence-corrected chi connectivity index (χ2v) is 5.59. The third-order valence-electron chi connectivity index (χ3n) is 3.79. The van der Waals surface area contributed by atoms with Gasteiger partial charge in [0.15, 0.2) is 0 Å². The van der Waals surface area contributed by atoms with Crippen LogP contribution in [0.3, 0.4) is 0 Å². The Labute approximate surface area is 145 Å². The summed E-state index contributed by atoms with van der Waals surface area (Å²) in [7, 11) is 0. The van der Waals surface area contributed by atoms with Gasteiger partial charge in [0, 0.05) is 13.8 Å². The van der Waals surface area contributed by atoms with Gasteiger partial charge in [-0.05, 0) is 24.3 Å². The average molecular weight is 337 g/mol. The van der Waals surface area contributed by atoms with E-state index in [9.17, 15) is 9.59 Å². The molecule has 0 aliphatic rings. The second-order valence-electron chi connectivity index (χ2n) is 5.59. The fourth-order valence-corrected chi connectivity index (χ4v) is 2.73. The molecule has 0 N–H and O–H groups in total. The predicted octanol–water partition coefficient (Wildman–Crippen LogP) is 3.01. The van der Waals surface area contributed by atoms with E-state index in [4.69, 9.17) is 4.74 Å². The van der Waals surface area contributed by atoms with Crippen molar-refractivity contribution in [3.05, 3.63) is 54.6 Å². The number of fused-ring (bicyclic) bond motifs is 1. The highest BCUT2D eigenvalue weighted by Crippen LogP contribution is 2.23. The first-order valence-electron chi connectivity index (χ1n) is 8.02. The first-order chi connectivity index (χ1) is 12.1. The summed E-state index contributed by atoms with van der Waals surface area (Å²) in [4.78, 5) is 29.4. The molecule has 0 saturated heterocycles. The van der Waals surface area contributed by atoms with Gasteiger partial charge in [0.25, 0.3) is 0 Å². The molecule has 1 aromatic heterocycles. The van der Waals surface area contributed by atoms with Crippen LogP contribution in [0.15, 0.2) is 54.6 Å². The summed E-state index contributed by atoms with van der Waals surface area (Å²) in [6.07, 6.45) is 0. The maximum Gasteiger partial charge on any atom is 0.233 e. The van der Waals surface area contributed by atoms with E-state index in [-0.39, 0.29) is 11.8 Å². The fourth-order valence-electron chi connectivity index (χ4n) is 2.73. The molecule has 0 atom stereocenters. The lowest BCUT2D eigenvalue weighted by atomic mass is 10.3. The molecule has 2 aromatic carbocycles. The van der Waals surface area contributed by atoms with Gasteiger partial charge in [0.2, 0.25) is 17.8 Å². The van der Waals surface area contributed by atoms with Crippen molar-refractivity contribution < 1.29 is 14.3 Å². The number of amides is 2. The highest BCUT2D eigenvalue weighted by atomic mass is 16.5. The molecule has 0 aliphatic carbocycles. The minimum atomic E-state index is -0.368. The van der Waals surface area contributed by atoms with Crippen LogP contribution in [0, 0.1) is 0 Å². The summed E-state index contributed by atoms with van der Waals surface area (Å²) in [5.41, 5.74) is 1.58. The maximum absolute atomic E-state index is 11.9. The van der Waals surface area contributed by atoms with E-state index in [1.165, 1.54) is 13.8 Å². The maximum atomic E-state index is 11.9. The van der Waals surface area contributed by atoms with Crippen LogP contribution < -0.4 is 9.64 Å². The van der Waals surface area contributed by atoms with Gasteiger partial charge in [-0.2, -0.15) is 0 Å². The van der Waals surface area contributed by atoms with Crippen LogP contribution in [0.25, 0.3) is 11.0 Å². The number of anilines is 1. The molecular formula is C19H19N3O3. The summed E-state index contributed by atoms with van der Waals surface area (Å²) in [5, 5.41) is 0. The number of imidazole rings is 1. The zero-order valence-corrected chi connectivity index (χ0v) is 14.2. The van der Waals surface area contributed by atoms with E-state index in [1.54, 1.807) is 0 Å². The minimum Gasteiger partial charge on any atom is -0.492 e. The number of para-hydroxylation sites is 3. The van der Waals surface area contributed by atoms with Gasteiger partial charge in [-0.1, -0.05) is 30.3 Å². The number of rotatable bonds is 5. The van der Waals surface area contributed by atoms with Crippen LogP contribution in [0.1, 0.15) is 13.8 Å². The number of aromatic nitrogens is 2. The van der Waals surface area contributed by atoms with E-state index in [2.05, 4.69) is 4.98 Å². The Kier molecular flexibility index (Phi) is 4.79. The largest absolute Gasteiger partial charge is 0.492 e. The zero-order valence-electron chi connectivity index (χ0n) is 14.2. The Morgan fingerprint density at radius 2 is 1.64 bits per heavy atom. The standard InChI is InChI=1S/C19H19N3O3/c1-14(23)22(15(2)24)19-20-17-10-6-7-11-18(17)21(19)12-13-25-16-8-4-3-5-9-16/h3-11H,12-13H2,1-2H3. The van der Waals surface area contributed by atoms with Crippen molar-refractivity contribution in [2.24, 2.45) is 0 Å². The SMILES string of the molecule is CC(=O)N(C(C)=O)c1nc2ccccc2n1CCOc1ccccc1. The Hall–Kier alpha value is -3.15. The number of carbonyl (C=O) groups is 2. The molecular weight excluding hydrogens is 318 g/mol. The van der Waals surface area contributed by atoms with Crippen molar-refractivity contribution in [3.8, 4) is 5.75 Å². The summed E-state index contributed by atoms with van der Waals surface area (Å²) in [6, 6.07) is 17.0. The third kappa shape index (κ3) is 3.52. The summed E-state index contributed by atoms with van der Waals surface area (Å²) in [5.74, 6) is 0.349. The number of hydrogen-bond acceptors (Lipinski definition) is 4. The molecule has 6 heteroatoms. The van der Waals surface area contributed by atoms with E-state index in [0.29, 0.717) is 19.1 Å². The molecule has 0 fully saturated rings. The van der Waals surface area contributed by atoms with Crippen LogP contribution in [-0.2, 0) is 16.1 Å². The number of nitrogens with zero attached hydrogens (tertiary/aromatic N) is 3. The molecule has 0 radical (unpaired) electrons. The molecule has 3 rings (SSSR count). The van der Waals surface area contributed by atoms with Gasteiger partial charge in [-0.25, -0.2) is 9.88 Å². The van der Waals surface area contributed by atoms with Gasteiger partial charge in [-0.15, -0.1) is 0 Å². The Morgan fingerprint density at radius 3 is 2.32 bits per heavy atom. The first kappa shape index (κ1) is 16.7. The van der Waals surface area contributed by atoms with E-state index in [1.807, 2.05) is 59.2 Å². The molecule has 0 saturated carbocycles. The Bertz CT molecular complexity index is 889. The molecule has 128 valence electrons. The summed E-state index contributed by atoms with van der Waals surface area (Å²) < 4.78 is 7.58. The van der Waals surface area contributed by atoms with E-state index >= 15 is 0 Å². The molecule has 0 bridgehead atoms. The van der Waals surface area contributed by atoms with E-state index < -0.39 is 0 Å². The summed E-state index contributed by atoms with van der Waals surface area (Å²) in [6.45, 7) is 3.56. The smallest absolute Gasteiger partial charge is 0.233 e. The van der Waals surface area contributed by atoms with Crippen molar-refractivity contribution in [1.82, 2.24) is 9.55 Å². The minimum absolute atomic E-state index is 0.317. The fraction of sp³-hybridized carbons (Fsp3) is 0.211. The van der Waals surface area contributed by atoms with Crippen LogP contribution >= 0.6 is 0 Å². The highest BCUT2D eigenvalue weighted by Gasteiger charge is 2.23. The van der Waals surface area contributed by atoms with Gasteiger partial charge in [0.05, 0.1) is 17.6 Å². The molecule has 2 amide bonds. The monoisotopic (exact) mass is 337 g/mol. The van der Waals surface area contributed by atoms with Crippen molar-refractivity contribution in [1.29, 1.82) is 0 Å². The Balaban J connectivity index is 1.93. The van der Waals surface area contributed by atoms with Gasteiger partial charge in [0.1, 0.15) is 12.4 Å². The zero-order chi connectivity index (χ0) is 17.8. The van der Waals surface area contributed by atoms with E-state index in [0.717, 1.165) is 21.7 Å². The van der Waals surface area contributed by atoms with Crippen molar-refractivity contribution >= 4 is 28.8 Å². The Morgan fingerprint density at radius 1 is 1.00 bits per heavy atom. The number of hydrogen-bond donors (Lipinski definition) is 0. The average Bonchev–Trinajstić information content (AvgIpc) is 2.93. The molecule has 0 spiro atoms. The number of ether oxygens (including phenoxy) is 1. The molecule has 6 nitrogen and oxygen atoms in total. The molecule has 0 unspecified atom stereocenters. The van der Waals surface area contributed by atoms with Crippen LogP contribution in [0.2, 0.25) is 0 Å². The van der Waals surface area contributed by atoms with Gasteiger partial charge >= 0.3 is 0 Å². The van der Waals surface area contributed by atoms with Crippen molar-refractivity contribution in [2.75, 3.05) is 11.5 Å². The lowest BCUT2D eigenvalue weighted by Crippen LogP contribution is -2.35. The van der Waals surface area contributed by atoms with Crippen LogP contribution in [0.4, 0.5) is 5.95 Å². The quantitative estimate of drug-likeness (QED) is 0.718. The number of benzene rings is 2. The highest BCUT2D eigenvalue weighted by molar-refractivity contribution is 6.12. The second kappa shape index (κ2) is 7.17. The van der Waals surface area contributed by atoms with Gasteiger partial charge < -0.3 is 9.30 Å². The molecule has 0 aliphatic heterocycles. The number of carbonyl (C=O) groups excluding carboxylic acids is 2. The van der Waals surface area contributed by atoms with Crippen molar-refractivity contribution in [2.45, 2.75) is 20.4 Å². The molecule has 3 aromatic rings. The topological polar surface area (TPSA) is 64.4 Å². The van der Waals surface area contributed by atoms with Crippen molar-refractivity contribution in [3.63, 3.8) is 0 Å². The molecule has 1 heterocycles. The van der Waals surface area contributed by atoms with Crippen LogP contribution in [0.5, 0.6) is 5.75 Å². The van der Waals surface area contributed by atoms with Crippen LogP contribution in [-0.4, -0.2) is 28.0 Å². The first-order valence-corrected chi connectivity index (χ1v) is 8.02.